The minimum Gasteiger partial charge on any atom is -0.454 e. The van der Waals surface area contributed by atoms with Crippen LogP contribution in [0.25, 0.3) is 0 Å². The summed E-state index contributed by atoms with van der Waals surface area (Å²) in [5.74, 6) is 1.93. The van der Waals surface area contributed by atoms with E-state index in [0.717, 1.165) is 19.8 Å². The molecule has 0 aliphatic heterocycles. The maximum atomic E-state index is 6.29. The van der Waals surface area contributed by atoms with Crippen molar-refractivity contribution in [3.63, 3.8) is 0 Å². The molecule has 0 fully saturated rings. The third-order valence-corrected chi connectivity index (χ3v) is 7.43. The Hall–Kier alpha value is 0.412. The zero-order chi connectivity index (χ0) is 21.0. The highest BCUT2D eigenvalue weighted by atomic mass is 27.3. The van der Waals surface area contributed by atoms with Gasteiger partial charge in [-0.15, -0.1) is 0 Å². The lowest BCUT2D eigenvalue weighted by molar-refractivity contribution is 0.0534. The van der Waals surface area contributed by atoms with Gasteiger partial charge in [-0.25, -0.2) is 0 Å². The summed E-state index contributed by atoms with van der Waals surface area (Å²) < 4.78 is 18.9. The van der Waals surface area contributed by atoms with Crippen LogP contribution in [-0.2, 0) is 11.4 Å². The molecule has 0 aromatic rings. The van der Waals surface area contributed by atoms with E-state index in [1.165, 1.54) is 77.0 Å². The molecule has 28 heavy (non-hydrogen) atoms. The van der Waals surface area contributed by atoms with Gasteiger partial charge in [-0.3, -0.25) is 0 Å². The lowest BCUT2D eigenvalue weighted by atomic mass is 10.0. The number of hydrogen-bond acceptors (Lipinski definition) is 3. The Labute approximate surface area is 182 Å². The van der Waals surface area contributed by atoms with Crippen molar-refractivity contribution in [2.24, 2.45) is 17.8 Å². The van der Waals surface area contributed by atoms with Gasteiger partial charge in [0, 0.05) is 19.8 Å². The van der Waals surface area contributed by atoms with Gasteiger partial charge in [-0.2, -0.15) is 0 Å². The van der Waals surface area contributed by atoms with Gasteiger partial charge < -0.3 is 11.4 Å². The van der Waals surface area contributed by atoms with Gasteiger partial charge in [-0.05, 0) is 37.0 Å². The second-order valence-corrected chi connectivity index (χ2v) is 10.1. The maximum absolute atomic E-state index is 6.29. The third-order valence-electron chi connectivity index (χ3n) is 6.03. The molecule has 168 valence electrons. The maximum Gasteiger partial charge on any atom is 0.905 e. The topological polar surface area (TPSA) is 27.7 Å². The normalized spacial score (nSPS) is 14.8. The van der Waals surface area contributed by atoms with E-state index in [-0.39, 0.29) is 0 Å². The van der Waals surface area contributed by atoms with Crippen molar-refractivity contribution < 1.29 is 11.4 Å². The number of hydrogen-bond donors (Lipinski definition) is 0. The first kappa shape index (κ1) is 28.4. The van der Waals surface area contributed by atoms with Crippen molar-refractivity contribution in [2.45, 2.75) is 119 Å². The molecule has 0 N–H and O–H groups in total. The number of unbranched alkanes of at least 4 members (excludes halogenated alkanes) is 3. The summed E-state index contributed by atoms with van der Waals surface area (Å²) in [7, 11) is 0. The van der Waals surface area contributed by atoms with Crippen molar-refractivity contribution >= 4 is 15.1 Å². The van der Waals surface area contributed by atoms with Gasteiger partial charge in [0.05, 0.1) is 0 Å². The Morgan fingerprint density at radius 3 is 1.00 bits per heavy atom. The minimum atomic E-state index is -2.05. The Balaban J connectivity index is 4.60. The van der Waals surface area contributed by atoms with Crippen molar-refractivity contribution in [3.05, 3.63) is 0 Å². The molecule has 3 nitrogen and oxygen atoms in total. The predicted octanol–water partition coefficient (Wildman–Crippen LogP) is 7.67. The fraction of sp³-hybridized carbons (Fsp3) is 1.00. The van der Waals surface area contributed by atoms with Crippen LogP contribution >= 0.6 is 0 Å². The highest BCUT2D eigenvalue weighted by Gasteiger charge is 2.33. The van der Waals surface area contributed by atoms with Crippen LogP contribution in [0.2, 0.25) is 0 Å². The second-order valence-electron chi connectivity index (χ2n) is 8.54. The van der Waals surface area contributed by atoms with E-state index in [4.69, 9.17) is 11.4 Å². The average molecular weight is 415 g/mol. The molecule has 0 aliphatic carbocycles. The summed E-state index contributed by atoms with van der Waals surface area (Å²) in [5.41, 5.74) is 0. The molecule has 0 aromatic heterocycles. The molecule has 0 heterocycles. The molecular formula is C24H51AlO3. The van der Waals surface area contributed by atoms with Gasteiger partial charge in [-0.1, -0.05) is 99.3 Å². The fourth-order valence-corrected chi connectivity index (χ4v) is 5.06. The molecule has 0 amide bonds. The fourth-order valence-electron chi connectivity index (χ4n) is 3.48. The van der Waals surface area contributed by atoms with Gasteiger partial charge in [0.15, 0.2) is 0 Å². The van der Waals surface area contributed by atoms with Gasteiger partial charge in [0.25, 0.3) is 0 Å². The Bertz CT molecular complexity index is 267. The standard InChI is InChI=1S/3C8H17O.Al/c3*1-3-5-6-8(4-2)7-9;/h3*8H,3-7H2,1-2H3;/q3*-1;+3. The Kier molecular flexibility index (Phi) is 21.0. The van der Waals surface area contributed by atoms with E-state index in [0.29, 0.717) is 17.8 Å². The Morgan fingerprint density at radius 2 is 0.786 bits per heavy atom. The zero-order valence-corrected chi connectivity index (χ0v) is 21.3. The molecule has 0 aromatic carbocycles. The van der Waals surface area contributed by atoms with E-state index in [9.17, 15) is 0 Å². The van der Waals surface area contributed by atoms with E-state index in [1.807, 2.05) is 0 Å². The van der Waals surface area contributed by atoms with E-state index in [1.54, 1.807) is 0 Å². The smallest absolute Gasteiger partial charge is 0.454 e. The average Bonchev–Trinajstić information content (AvgIpc) is 2.73. The SMILES string of the molecule is CCCCC(CC)C[O][Al]([O]CC(CC)CCCC)[O]CC(CC)CCCC. The van der Waals surface area contributed by atoms with Gasteiger partial charge in [0.2, 0.25) is 0 Å². The van der Waals surface area contributed by atoms with Crippen molar-refractivity contribution in [1.29, 1.82) is 0 Å². The van der Waals surface area contributed by atoms with Crippen LogP contribution < -0.4 is 0 Å². The van der Waals surface area contributed by atoms with Crippen LogP contribution in [0.3, 0.4) is 0 Å². The van der Waals surface area contributed by atoms with Crippen LogP contribution in [0, 0.1) is 17.8 Å². The summed E-state index contributed by atoms with van der Waals surface area (Å²) in [6, 6.07) is 0. The molecular weight excluding hydrogens is 363 g/mol. The van der Waals surface area contributed by atoms with Crippen LogP contribution in [0.1, 0.15) is 119 Å². The summed E-state index contributed by atoms with van der Waals surface area (Å²) in [6.07, 6.45) is 15.0. The summed E-state index contributed by atoms with van der Waals surface area (Å²) in [5, 5.41) is 0. The second kappa shape index (κ2) is 20.7. The predicted molar refractivity (Wildman–Crippen MR) is 124 cm³/mol. The largest absolute Gasteiger partial charge is 0.905 e. The van der Waals surface area contributed by atoms with Crippen molar-refractivity contribution in [2.75, 3.05) is 19.8 Å². The van der Waals surface area contributed by atoms with Crippen LogP contribution in [0.15, 0.2) is 0 Å². The zero-order valence-electron chi connectivity index (χ0n) is 20.1. The van der Waals surface area contributed by atoms with Gasteiger partial charge >= 0.3 is 15.1 Å². The molecule has 0 aliphatic rings. The molecule has 0 spiro atoms. The first-order valence-corrected chi connectivity index (χ1v) is 13.9. The minimum absolute atomic E-state index is 0.645. The summed E-state index contributed by atoms with van der Waals surface area (Å²) in [4.78, 5) is 0. The Morgan fingerprint density at radius 1 is 0.500 bits per heavy atom. The highest BCUT2D eigenvalue weighted by molar-refractivity contribution is 6.36. The molecule has 3 unspecified atom stereocenters. The van der Waals surface area contributed by atoms with Crippen LogP contribution in [-0.4, -0.2) is 35.0 Å². The van der Waals surface area contributed by atoms with Crippen LogP contribution in [0.4, 0.5) is 0 Å². The lowest BCUT2D eigenvalue weighted by Crippen LogP contribution is -2.33. The first-order chi connectivity index (χ1) is 13.6. The number of rotatable bonds is 21. The van der Waals surface area contributed by atoms with Gasteiger partial charge in [0.1, 0.15) is 0 Å². The summed E-state index contributed by atoms with van der Waals surface area (Å²) >= 11 is -2.05. The molecule has 4 heteroatoms. The molecule has 0 bridgehead atoms. The summed E-state index contributed by atoms with van der Waals surface area (Å²) in [6.45, 7) is 16.0. The highest BCUT2D eigenvalue weighted by Crippen LogP contribution is 2.18. The van der Waals surface area contributed by atoms with E-state index in [2.05, 4.69) is 41.5 Å². The third kappa shape index (κ3) is 15.3. The first-order valence-electron chi connectivity index (χ1n) is 12.5. The quantitative estimate of drug-likeness (QED) is 0.180. The molecule has 0 radical (unpaired) electrons. The molecule has 0 saturated carbocycles. The van der Waals surface area contributed by atoms with Crippen molar-refractivity contribution in [3.8, 4) is 0 Å². The molecule has 0 saturated heterocycles. The monoisotopic (exact) mass is 414 g/mol. The van der Waals surface area contributed by atoms with E-state index >= 15 is 0 Å². The molecule has 0 rings (SSSR count). The van der Waals surface area contributed by atoms with Crippen LogP contribution in [0.5, 0.6) is 0 Å². The molecule has 3 atom stereocenters. The van der Waals surface area contributed by atoms with E-state index < -0.39 is 15.1 Å². The lowest BCUT2D eigenvalue weighted by Gasteiger charge is -2.23. The van der Waals surface area contributed by atoms with Crippen molar-refractivity contribution in [1.82, 2.24) is 0 Å².